The summed E-state index contributed by atoms with van der Waals surface area (Å²) in [4.78, 5) is 12.6. The van der Waals surface area contributed by atoms with E-state index in [0.29, 0.717) is 12.4 Å². The van der Waals surface area contributed by atoms with Gasteiger partial charge in [0.25, 0.3) is 0 Å². The zero-order valence-corrected chi connectivity index (χ0v) is 9.61. The first-order chi connectivity index (χ1) is 7.66. The molecule has 16 heavy (non-hydrogen) atoms. The zero-order chi connectivity index (χ0) is 11.5. The Hall–Kier alpha value is -1.91. The summed E-state index contributed by atoms with van der Waals surface area (Å²) in [6, 6.07) is 0. The quantitative estimate of drug-likeness (QED) is 0.853. The van der Waals surface area contributed by atoms with Crippen LogP contribution in [0.1, 0.15) is 23.0 Å². The Kier molecular flexibility index (Phi) is 2.85. The third kappa shape index (κ3) is 2.18. The number of anilines is 1. The van der Waals surface area contributed by atoms with Gasteiger partial charge in [-0.25, -0.2) is 9.97 Å². The number of nitrogens with one attached hydrogen (secondary N) is 1. The largest absolute Gasteiger partial charge is 0.444 e. The molecule has 0 saturated carbocycles. The Morgan fingerprint density at radius 3 is 2.50 bits per heavy atom. The third-order valence-electron chi connectivity index (χ3n) is 2.36. The molecule has 0 fully saturated rings. The highest BCUT2D eigenvalue weighted by Crippen LogP contribution is 2.11. The van der Waals surface area contributed by atoms with Crippen LogP contribution in [0, 0.1) is 20.8 Å². The fourth-order valence-electron chi connectivity index (χ4n) is 1.36. The fraction of sp³-hybridized carbons (Fsp3) is 0.364. The van der Waals surface area contributed by atoms with Crippen molar-refractivity contribution in [1.29, 1.82) is 0 Å². The summed E-state index contributed by atoms with van der Waals surface area (Å²) in [5, 5.41) is 3.14. The predicted molar refractivity (Wildman–Crippen MR) is 60.1 cm³/mol. The number of oxazole rings is 1. The average Bonchev–Trinajstić information content (AvgIpc) is 2.57. The fourth-order valence-corrected chi connectivity index (χ4v) is 1.36. The normalized spacial score (nSPS) is 10.4. The van der Waals surface area contributed by atoms with Crippen LogP contribution in [0.3, 0.4) is 0 Å². The highest BCUT2D eigenvalue weighted by atomic mass is 16.4. The Labute approximate surface area is 94.0 Å². The SMILES string of the molecule is Cc1nccnc1NCc1nc(C)c(C)o1. The Morgan fingerprint density at radius 2 is 1.88 bits per heavy atom. The summed E-state index contributed by atoms with van der Waals surface area (Å²) >= 11 is 0. The van der Waals surface area contributed by atoms with E-state index in [9.17, 15) is 0 Å². The monoisotopic (exact) mass is 218 g/mol. The van der Waals surface area contributed by atoms with Gasteiger partial charge in [-0.05, 0) is 20.8 Å². The topological polar surface area (TPSA) is 63.8 Å². The molecule has 0 radical (unpaired) electrons. The lowest BCUT2D eigenvalue weighted by atomic mass is 10.4. The van der Waals surface area contributed by atoms with Gasteiger partial charge in [-0.1, -0.05) is 0 Å². The highest BCUT2D eigenvalue weighted by Gasteiger charge is 2.06. The molecular formula is C11H14N4O. The molecule has 0 aliphatic rings. The van der Waals surface area contributed by atoms with Gasteiger partial charge in [-0.15, -0.1) is 0 Å². The Morgan fingerprint density at radius 1 is 1.12 bits per heavy atom. The summed E-state index contributed by atoms with van der Waals surface area (Å²) in [5.41, 5.74) is 1.79. The number of rotatable bonds is 3. The maximum absolute atomic E-state index is 5.45. The molecule has 1 N–H and O–H groups in total. The zero-order valence-electron chi connectivity index (χ0n) is 9.61. The first-order valence-corrected chi connectivity index (χ1v) is 5.11. The minimum atomic E-state index is 0.522. The average molecular weight is 218 g/mol. The minimum absolute atomic E-state index is 0.522. The van der Waals surface area contributed by atoms with Crippen LogP contribution in [-0.4, -0.2) is 15.0 Å². The summed E-state index contributed by atoms with van der Waals surface area (Å²) in [6.45, 7) is 6.25. The van der Waals surface area contributed by atoms with E-state index in [0.717, 1.165) is 23.0 Å². The molecule has 0 aliphatic heterocycles. The van der Waals surface area contributed by atoms with E-state index < -0.39 is 0 Å². The van der Waals surface area contributed by atoms with Crippen molar-refractivity contribution in [1.82, 2.24) is 15.0 Å². The molecule has 2 heterocycles. The van der Waals surface area contributed by atoms with Crippen molar-refractivity contribution in [2.75, 3.05) is 5.32 Å². The predicted octanol–water partition coefficient (Wildman–Crippen LogP) is 2.00. The molecule has 5 nitrogen and oxygen atoms in total. The number of nitrogens with zero attached hydrogens (tertiary/aromatic N) is 3. The Bertz CT molecular complexity index is 473. The lowest BCUT2D eigenvalue weighted by Gasteiger charge is -2.04. The van der Waals surface area contributed by atoms with Crippen molar-refractivity contribution in [2.24, 2.45) is 0 Å². The third-order valence-corrected chi connectivity index (χ3v) is 2.36. The molecule has 0 atom stereocenters. The van der Waals surface area contributed by atoms with Gasteiger partial charge in [0.1, 0.15) is 11.6 Å². The van der Waals surface area contributed by atoms with Crippen LogP contribution in [0.25, 0.3) is 0 Å². The molecule has 0 saturated heterocycles. The van der Waals surface area contributed by atoms with E-state index in [1.54, 1.807) is 12.4 Å². The van der Waals surface area contributed by atoms with Gasteiger partial charge in [0, 0.05) is 12.4 Å². The van der Waals surface area contributed by atoms with Crippen molar-refractivity contribution < 1.29 is 4.42 Å². The molecular weight excluding hydrogens is 204 g/mol. The maximum atomic E-state index is 5.45. The highest BCUT2D eigenvalue weighted by molar-refractivity contribution is 5.38. The molecule has 0 aromatic carbocycles. The molecule has 0 spiro atoms. The number of aryl methyl sites for hydroxylation is 3. The van der Waals surface area contributed by atoms with Gasteiger partial charge in [0.05, 0.1) is 17.9 Å². The lowest BCUT2D eigenvalue weighted by molar-refractivity contribution is 0.478. The summed E-state index contributed by atoms with van der Waals surface area (Å²) in [7, 11) is 0. The van der Waals surface area contributed by atoms with Gasteiger partial charge in [-0.3, -0.25) is 4.98 Å². The molecule has 2 aromatic heterocycles. The molecule has 0 unspecified atom stereocenters. The maximum Gasteiger partial charge on any atom is 0.213 e. The van der Waals surface area contributed by atoms with Crippen LogP contribution >= 0.6 is 0 Å². The smallest absolute Gasteiger partial charge is 0.213 e. The van der Waals surface area contributed by atoms with Gasteiger partial charge in [-0.2, -0.15) is 0 Å². The standard InChI is InChI=1S/C11H14N4O/c1-7-9(3)16-10(15-7)6-14-11-8(2)12-4-5-13-11/h4-5H,6H2,1-3H3,(H,13,14). The van der Waals surface area contributed by atoms with Gasteiger partial charge < -0.3 is 9.73 Å². The first-order valence-electron chi connectivity index (χ1n) is 5.11. The van der Waals surface area contributed by atoms with Crippen molar-refractivity contribution >= 4 is 5.82 Å². The second kappa shape index (κ2) is 4.30. The molecule has 2 aromatic rings. The molecule has 0 bridgehead atoms. The van der Waals surface area contributed by atoms with Crippen molar-refractivity contribution in [3.63, 3.8) is 0 Å². The van der Waals surface area contributed by atoms with Crippen LogP contribution in [0.15, 0.2) is 16.8 Å². The Balaban J connectivity index is 2.05. The van der Waals surface area contributed by atoms with Crippen molar-refractivity contribution in [3.8, 4) is 0 Å². The molecule has 2 rings (SSSR count). The summed E-state index contributed by atoms with van der Waals surface area (Å²) in [5.74, 6) is 2.28. The minimum Gasteiger partial charge on any atom is -0.444 e. The second-order valence-electron chi connectivity index (χ2n) is 3.59. The number of hydrogen-bond acceptors (Lipinski definition) is 5. The van der Waals surface area contributed by atoms with Gasteiger partial charge in [0.15, 0.2) is 0 Å². The van der Waals surface area contributed by atoms with E-state index in [2.05, 4.69) is 20.3 Å². The van der Waals surface area contributed by atoms with Crippen LogP contribution in [0.5, 0.6) is 0 Å². The summed E-state index contributed by atoms with van der Waals surface area (Å²) < 4.78 is 5.45. The van der Waals surface area contributed by atoms with Crippen LogP contribution in [0.2, 0.25) is 0 Å². The molecule has 0 amide bonds. The molecule has 84 valence electrons. The van der Waals surface area contributed by atoms with Crippen LogP contribution in [0.4, 0.5) is 5.82 Å². The summed E-state index contributed by atoms with van der Waals surface area (Å²) in [6.07, 6.45) is 3.32. The molecule has 0 aliphatic carbocycles. The van der Waals surface area contributed by atoms with Crippen molar-refractivity contribution in [3.05, 3.63) is 35.4 Å². The number of hydrogen-bond donors (Lipinski definition) is 1. The van der Waals surface area contributed by atoms with Crippen LogP contribution < -0.4 is 5.32 Å². The lowest BCUT2D eigenvalue weighted by Crippen LogP contribution is -2.04. The van der Waals surface area contributed by atoms with E-state index in [1.807, 2.05) is 20.8 Å². The second-order valence-corrected chi connectivity index (χ2v) is 3.59. The van der Waals surface area contributed by atoms with Gasteiger partial charge >= 0.3 is 0 Å². The van der Waals surface area contributed by atoms with E-state index in [-0.39, 0.29) is 0 Å². The number of aromatic nitrogens is 3. The van der Waals surface area contributed by atoms with E-state index in [1.165, 1.54) is 0 Å². The molecule has 5 heteroatoms. The van der Waals surface area contributed by atoms with Gasteiger partial charge in [0.2, 0.25) is 5.89 Å². The van der Waals surface area contributed by atoms with Crippen molar-refractivity contribution in [2.45, 2.75) is 27.3 Å². The van der Waals surface area contributed by atoms with E-state index in [4.69, 9.17) is 4.42 Å². The first kappa shape index (κ1) is 10.6. The van der Waals surface area contributed by atoms with E-state index >= 15 is 0 Å². The van der Waals surface area contributed by atoms with Crippen LogP contribution in [-0.2, 0) is 6.54 Å².